The van der Waals surface area contributed by atoms with Gasteiger partial charge in [-0.2, -0.15) is 0 Å². The fourth-order valence-electron chi connectivity index (χ4n) is 1.06. The van der Waals surface area contributed by atoms with Gasteiger partial charge in [-0.1, -0.05) is 75.3 Å². The zero-order valence-corrected chi connectivity index (χ0v) is 14.4. The minimum Gasteiger partial charge on any atom is -0.258 e. The van der Waals surface area contributed by atoms with Gasteiger partial charge >= 0.3 is 0 Å². The highest BCUT2D eigenvalue weighted by atomic mass is 79.9. The smallest absolute Gasteiger partial charge is 0.258 e. The summed E-state index contributed by atoms with van der Waals surface area (Å²) in [5.41, 5.74) is 0.571. The van der Waals surface area contributed by atoms with Crippen molar-refractivity contribution in [3.63, 3.8) is 0 Å². The Morgan fingerprint density at radius 1 is 1.31 bits per heavy atom. The van der Waals surface area contributed by atoms with E-state index in [-0.39, 0.29) is 20.3 Å². The molecule has 0 spiro atoms. The Balaban J connectivity index is 3.54. The van der Waals surface area contributed by atoms with E-state index in [0.29, 0.717) is 5.56 Å². The van der Waals surface area contributed by atoms with Crippen LogP contribution < -0.4 is 0 Å². The van der Waals surface area contributed by atoms with Gasteiger partial charge in [-0.15, -0.1) is 0 Å². The van der Waals surface area contributed by atoms with Crippen molar-refractivity contribution in [3.8, 4) is 0 Å². The molecule has 0 aliphatic rings. The molecule has 1 aromatic heterocycles. The molecule has 88 valence electrons. The van der Waals surface area contributed by atoms with Crippen LogP contribution in [0.2, 0.25) is 5.15 Å². The van der Waals surface area contributed by atoms with Gasteiger partial charge in [0.15, 0.2) is 0 Å². The summed E-state index contributed by atoms with van der Waals surface area (Å²) < 4.78 is -0.796. The van der Waals surface area contributed by atoms with E-state index in [1.165, 1.54) is 6.07 Å². The van der Waals surface area contributed by atoms with E-state index < -0.39 is 8.66 Å². The SMILES string of the molecule is O=[N+]([O-])c1c(C(Br)Br)cc(Cl)nc1C(Br)Br. The third-order valence-electron chi connectivity index (χ3n) is 1.64. The van der Waals surface area contributed by atoms with E-state index in [0.717, 1.165) is 0 Å². The normalized spacial score (nSPS) is 11.2. The number of pyridine rings is 1. The minimum atomic E-state index is -0.487. The van der Waals surface area contributed by atoms with E-state index in [1.807, 2.05) is 0 Å². The summed E-state index contributed by atoms with van der Waals surface area (Å²) >= 11 is 18.6. The Morgan fingerprint density at radius 3 is 2.25 bits per heavy atom. The van der Waals surface area contributed by atoms with Crippen molar-refractivity contribution in [3.05, 3.63) is 32.6 Å². The molecule has 0 amide bonds. The van der Waals surface area contributed by atoms with Crippen LogP contribution in [0.3, 0.4) is 0 Å². The van der Waals surface area contributed by atoms with E-state index in [9.17, 15) is 10.1 Å². The lowest BCUT2D eigenvalue weighted by molar-refractivity contribution is -0.386. The van der Waals surface area contributed by atoms with Gasteiger partial charge in [-0.05, 0) is 6.07 Å². The Hall–Kier alpha value is 0.760. The summed E-state index contributed by atoms with van der Waals surface area (Å²) in [6.45, 7) is 0. The van der Waals surface area contributed by atoms with E-state index in [2.05, 4.69) is 68.7 Å². The van der Waals surface area contributed by atoms with Crippen LogP contribution in [-0.4, -0.2) is 9.91 Å². The van der Waals surface area contributed by atoms with Crippen LogP contribution in [0.15, 0.2) is 6.07 Å². The average Bonchev–Trinajstić information content (AvgIpc) is 2.15. The van der Waals surface area contributed by atoms with Crippen LogP contribution in [0.1, 0.15) is 18.7 Å². The van der Waals surface area contributed by atoms with Crippen LogP contribution >= 0.6 is 75.3 Å². The monoisotopic (exact) mass is 498 g/mol. The molecule has 16 heavy (non-hydrogen) atoms. The zero-order chi connectivity index (χ0) is 12.5. The molecule has 0 unspecified atom stereocenters. The summed E-state index contributed by atoms with van der Waals surface area (Å²) in [6.07, 6.45) is 0. The van der Waals surface area contributed by atoms with Crippen molar-refractivity contribution in [2.75, 3.05) is 0 Å². The lowest BCUT2D eigenvalue weighted by atomic mass is 10.2. The Bertz CT molecular complexity index is 398. The van der Waals surface area contributed by atoms with E-state index >= 15 is 0 Å². The van der Waals surface area contributed by atoms with E-state index in [1.54, 1.807) is 0 Å². The van der Waals surface area contributed by atoms with Gasteiger partial charge in [0, 0.05) is 0 Å². The first-order valence-electron chi connectivity index (χ1n) is 3.75. The Kier molecular flexibility index (Phi) is 5.63. The number of aromatic nitrogens is 1. The molecule has 0 bridgehead atoms. The van der Waals surface area contributed by atoms with Gasteiger partial charge < -0.3 is 0 Å². The largest absolute Gasteiger partial charge is 0.298 e. The number of hydrogen-bond donors (Lipinski definition) is 0. The van der Waals surface area contributed by atoms with Crippen molar-refractivity contribution in [1.29, 1.82) is 0 Å². The molecular formula is C7H3Br4ClN2O2. The maximum absolute atomic E-state index is 11.0. The predicted molar refractivity (Wildman–Crippen MR) is 77.1 cm³/mol. The van der Waals surface area contributed by atoms with Crippen molar-refractivity contribution < 1.29 is 4.92 Å². The fourth-order valence-corrected chi connectivity index (χ4v) is 2.61. The molecule has 0 atom stereocenters. The first-order valence-corrected chi connectivity index (χ1v) is 7.79. The summed E-state index contributed by atoms with van der Waals surface area (Å²) in [6, 6.07) is 1.44. The third kappa shape index (κ3) is 3.38. The third-order valence-corrected chi connectivity index (χ3v) is 3.69. The molecule has 4 nitrogen and oxygen atoms in total. The molecule has 0 fully saturated rings. The maximum atomic E-state index is 11.0. The van der Waals surface area contributed by atoms with Gasteiger partial charge in [0.1, 0.15) is 18.3 Å². The number of nitrogens with zero attached hydrogens (tertiary/aromatic N) is 2. The summed E-state index contributed by atoms with van der Waals surface area (Å²) in [5.74, 6) is 0. The number of rotatable bonds is 3. The molecular weight excluding hydrogens is 499 g/mol. The Labute approximate surface area is 130 Å². The van der Waals surface area contributed by atoms with Gasteiger partial charge in [0.2, 0.25) is 0 Å². The van der Waals surface area contributed by atoms with Crippen molar-refractivity contribution >= 4 is 81.0 Å². The maximum Gasteiger partial charge on any atom is 0.298 e. The molecule has 0 saturated heterocycles. The lowest BCUT2D eigenvalue weighted by Gasteiger charge is -2.09. The summed E-state index contributed by atoms with van der Waals surface area (Å²) in [5, 5.41) is 11.2. The van der Waals surface area contributed by atoms with Crippen molar-refractivity contribution in [2.45, 2.75) is 7.47 Å². The molecule has 0 saturated carbocycles. The lowest BCUT2D eigenvalue weighted by Crippen LogP contribution is -2.03. The highest BCUT2D eigenvalue weighted by molar-refractivity contribution is 9.24. The fraction of sp³-hybridized carbons (Fsp3) is 0.286. The molecule has 1 aromatic rings. The van der Waals surface area contributed by atoms with Gasteiger partial charge in [-0.3, -0.25) is 10.1 Å². The molecule has 0 aromatic carbocycles. The molecule has 0 radical (unpaired) electrons. The second-order valence-corrected chi connectivity index (χ2v) is 9.13. The van der Waals surface area contributed by atoms with Crippen LogP contribution in [0.5, 0.6) is 0 Å². The molecule has 1 rings (SSSR count). The highest BCUT2D eigenvalue weighted by Crippen LogP contribution is 2.43. The topological polar surface area (TPSA) is 56.0 Å². The van der Waals surface area contributed by atoms with Crippen molar-refractivity contribution in [1.82, 2.24) is 4.98 Å². The van der Waals surface area contributed by atoms with Crippen LogP contribution in [0.4, 0.5) is 5.69 Å². The second kappa shape index (κ2) is 6.08. The van der Waals surface area contributed by atoms with Gasteiger partial charge in [-0.25, -0.2) is 4.98 Å². The summed E-state index contributed by atoms with van der Waals surface area (Å²) in [4.78, 5) is 14.4. The second-order valence-electron chi connectivity index (χ2n) is 2.63. The summed E-state index contributed by atoms with van der Waals surface area (Å²) in [7, 11) is 0. The Morgan fingerprint density at radius 2 is 1.88 bits per heavy atom. The first kappa shape index (κ1) is 14.8. The zero-order valence-electron chi connectivity index (χ0n) is 7.33. The van der Waals surface area contributed by atoms with Crippen LogP contribution in [-0.2, 0) is 0 Å². The number of nitro groups is 1. The standard InChI is InChI=1S/C7H3Br4ClN2O2/c8-6(9)2-1-3(12)13-4(7(10)11)5(2)14(15)16/h1,6-7H. The van der Waals surface area contributed by atoms with Crippen LogP contribution in [0, 0.1) is 10.1 Å². The number of alkyl halides is 4. The molecule has 1 heterocycles. The van der Waals surface area contributed by atoms with Crippen LogP contribution in [0.25, 0.3) is 0 Å². The number of halogens is 5. The molecule has 0 aliphatic carbocycles. The highest BCUT2D eigenvalue weighted by Gasteiger charge is 2.28. The number of hydrogen-bond acceptors (Lipinski definition) is 3. The molecule has 0 aliphatic heterocycles. The first-order chi connectivity index (χ1) is 7.34. The average molecular weight is 502 g/mol. The van der Waals surface area contributed by atoms with Gasteiger partial charge in [0.25, 0.3) is 5.69 Å². The van der Waals surface area contributed by atoms with E-state index in [4.69, 9.17) is 11.6 Å². The quantitative estimate of drug-likeness (QED) is 0.247. The predicted octanol–water partition coefficient (Wildman–Crippen LogP) is 5.22. The molecule has 0 N–H and O–H groups in total. The van der Waals surface area contributed by atoms with Gasteiger partial charge in [0.05, 0.1) is 10.5 Å². The van der Waals surface area contributed by atoms with Crippen molar-refractivity contribution in [2.24, 2.45) is 0 Å². The molecule has 9 heteroatoms. The minimum absolute atomic E-state index is 0.0816.